The van der Waals surface area contributed by atoms with Crippen molar-refractivity contribution >= 4 is 6.03 Å². The minimum absolute atomic E-state index is 0.0796. The lowest BCUT2D eigenvalue weighted by Crippen LogP contribution is -2.52. The Kier molecular flexibility index (Phi) is 11.2. The van der Waals surface area contributed by atoms with Gasteiger partial charge in [-0.05, 0) is 43.8 Å². The number of hydrogen-bond acceptors (Lipinski definition) is 4. The van der Waals surface area contributed by atoms with E-state index >= 15 is 0 Å². The third-order valence-corrected chi connectivity index (χ3v) is 6.49. The first kappa shape index (κ1) is 24.0. The highest BCUT2D eigenvalue weighted by atomic mass is 16.5. The average Bonchev–Trinajstić information content (AvgIpc) is 2.82. The van der Waals surface area contributed by atoms with E-state index in [0.717, 1.165) is 51.4 Å². The maximum atomic E-state index is 12.7. The first-order valence-electron chi connectivity index (χ1n) is 12.4. The van der Waals surface area contributed by atoms with Crippen molar-refractivity contribution in [2.24, 2.45) is 5.92 Å². The molecule has 3 N–H and O–H groups in total. The van der Waals surface area contributed by atoms with Crippen LogP contribution in [0.25, 0.3) is 0 Å². The Balaban J connectivity index is 1.31. The Morgan fingerprint density at radius 2 is 1.71 bits per heavy atom. The first-order chi connectivity index (χ1) is 15.3. The van der Waals surface area contributed by atoms with Crippen LogP contribution in [0.5, 0.6) is 0 Å². The van der Waals surface area contributed by atoms with Crippen molar-refractivity contribution in [3.8, 4) is 0 Å². The summed E-state index contributed by atoms with van der Waals surface area (Å²) in [7, 11) is 0. The number of amides is 2. The second-order valence-electron chi connectivity index (χ2n) is 9.06. The minimum Gasteiger partial charge on any atom is -0.378 e. The summed E-state index contributed by atoms with van der Waals surface area (Å²) in [5.41, 5.74) is 1.34. The van der Waals surface area contributed by atoms with E-state index in [0.29, 0.717) is 26.3 Å². The molecule has 0 spiro atoms. The van der Waals surface area contributed by atoms with Gasteiger partial charge in [0.1, 0.15) is 0 Å². The van der Waals surface area contributed by atoms with Crippen molar-refractivity contribution in [1.82, 2.24) is 20.9 Å². The second kappa shape index (κ2) is 14.4. The third-order valence-electron chi connectivity index (χ3n) is 6.49. The summed E-state index contributed by atoms with van der Waals surface area (Å²) < 4.78 is 5.38. The summed E-state index contributed by atoms with van der Waals surface area (Å²) in [6.07, 6.45) is 10.1. The van der Waals surface area contributed by atoms with Gasteiger partial charge in [0.2, 0.25) is 0 Å². The topological polar surface area (TPSA) is 65.6 Å². The van der Waals surface area contributed by atoms with Crippen LogP contribution >= 0.6 is 0 Å². The van der Waals surface area contributed by atoms with Gasteiger partial charge in [0.05, 0.1) is 13.2 Å². The molecule has 0 bridgehead atoms. The highest BCUT2D eigenvalue weighted by Gasteiger charge is 2.23. The molecule has 1 aromatic rings. The molecule has 1 aliphatic heterocycles. The molecular weight excluding hydrogens is 388 g/mol. The molecule has 31 heavy (non-hydrogen) atoms. The minimum atomic E-state index is 0.0796. The number of nitrogens with one attached hydrogen (secondary N) is 3. The molecule has 6 heteroatoms. The number of rotatable bonds is 12. The molecule has 1 saturated carbocycles. The number of unbranched alkanes of at least 4 members (excludes halogenated alkanes) is 1. The SMILES string of the molecule is O=C(NC(CNCCCCNCc1ccccc1)CC1CCCCC1)N1CCOCC1. The number of urea groups is 1. The average molecular weight is 431 g/mol. The van der Waals surface area contributed by atoms with Crippen LogP contribution in [0.4, 0.5) is 4.79 Å². The molecule has 6 nitrogen and oxygen atoms in total. The maximum Gasteiger partial charge on any atom is 0.317 e. The number of benzene rings is 1. The highest BCUT2D eigenvalue weighted by Crippen LogP contribution is 2.27. The zero-order valence-electron chi connectivity index (χ0n) is 19.1. The van der Waals surface area contributed by atoms with Crippen LogP contribution in [-0.2, 0) is 11.3 Å². The quantitative estimate of drug-likeness (QED) is 0.444. The molecule has 1 atom stereocenters. The normalized spacial score (nSPS) is 18.6. The Morgan fingerprint density at radius 3 is 2.45 bits per heavy atom. The summed E-state index contributed by atoms with van der Waals surface area (Å²) in [6.45, 7) is 6.54. The Hall–Kier alpha value is -1.63. The van der Waals surface area contributed by atoms with E-state index in [1.165, 1.54) is 37.7 Å². The van der Waals surface area contributed by atoms with Crippen LogP contribution in [0.1, 0.15) is 56.9 Å². The van der Waals surface area contributed by atoms with E-state index in [1.54, 1.807) is 0 Å². The molecule has 1 heterocycles. The Bertz CT molecular complexity index is 601. The summed E-state index contributed by atoms with van der Waals surface area (Å²) in [6, 6.07) is 10.8. The number of carbonyl (C=O) groups is 1. The molecular formula is C25H42N4O2. The maximum absolute atomic E-state index is 12.7. The molecule has 2 fully saturated rings. The third kappa shape index (κ3) is 9.58. The summed E-state index contributed by atoms with van der Waals surface area (Å²) in [5.74, 6) is 0.757. The fraction of sp³-hybridized carbons (Fsp3) is 0.720. The van der Waals surface area contributed by atoms with Gasteiger partial charge >= 0.3 is 6.03 Å². The Labute approximate surface area is 188 Å². The van der Waals surface area contributed by atoms with E-state index in [9.17, 15) is 4.79 Å². The molecule has 1 saturated heterocycles. The van der Waals surface area contributed by atoms with E-state index in [2.05, 4.69) is 46.3 Å². The summed E-state index contributed by atoms with van der Waals surface area (Å²) in [4.78, 5) is 14.6. The van der Waals surface area contributed by atoms with Crippen LogP contribution in [0.15, 0.2) is 30.3 Å². The van der Waals surface area contributed by atoms with E-state index < -0.39 is 0 Å². The van der Waals surface area contributed by atoms with Gasteiger partial charge in [0.15, 0.2) is 0 Å². The van der Waals surface area contributed by atoms with Gasteiger partial charge in [-0.3, -0.25) is 0 Å². The van der Waals surface area contributed by atoms with Crippen molar-refractivity contribution in [3.63, 3.8) is 0 Å². The van der Waals surface area contributed by atoms with Crippen molar-refractivity contribution in [1.29, 1.82) is 0 Å². The van der Waals surface area contributed by atoms with Crippen LogP contribution in [-0.4, -0.2) is 62.9 Å². The van der Waals surface area contributed by atoms with Gasteiger partial charge in [-0.25, -0.2) is 4.79 Å². The van der Waals surface area contributed by atoms with Crippen molar-refractivity contribution in [2.75, 3.05) is 45.9 Å². The summed E-state index contributed by atoms with van der Waals surface area (Å²) in [5, 5.41) is 10.4. The molecule has 1 aliphatic carbocycles. The second-order valence-corrected chi connectivity index (χ2v) is 9.06. The lowest BCUT2D eigenvalue weighted by atomic mass is 9.85. The van der Waals surface area contributed by atoms with Gasteiger partial charge in [-0.2, -0.15) is 0 Å². The monoisotopic (exact) mass is 430 g/mol. The zero-order chi connectivity index (χ0) is 21.6. The molecule has 2 aliphatic rings. The van der Waals surface area contributed by atoms with E-state index in [1.807, 2.05) is 4.90 Å². The van der Waals surface area contributed by atoms with Gasteiger partial charge in [0.25, 0.3) is 0 Å². The predicted octanol–water partition coefficient (Wildman–Crippen LogP) is 3.53. The predicted molar refractivity (Wildman–Crippen MR) is 126 cm³/mol. The highest BCUT2D eigenvalue weighted by molar-refractivity contribution is 5.74. The van der Waals surface area contributed by atoms with Crippen molar-refractivity contribution < 1.29 is 9.53 Å². The molecule has 2 amide bonds. The van der Waals surface area contributed by atoms with E-state index in [-0.39, 0.29) is 12.1 Å². The molecule has 3 rings (SSSR count). The number of carbonyl (C=O) groups excluding carboxylic acids is 1. The zero-order valence-corrected chi connectivity index (χ0v) is 19.1. The Morgan fingerprint density at radius 1 is 1.00 bits per heavy atom. The lowest BCUT2D eigenvalue weighted by Gasteiger charge is -2.31. The molecule has 174 valence electrons. The number of nitrogens with zero attached hydrogens (tertiary/aromatic N) is 1. The number of ether oxygens (including phenoxy) is 1. The van der Waals surface area contributed by atoms with Crippen LogP contribution in [0.2, 0.25) is 0 Å². The van der Waals surface area contributed by atoms with Gasteiger partial charge in [0, 0.05) is 32.2 Å². The van der Waals surface area contributed by atoms with Crippen molar-refractivity contribution in [2.45, 2.75) is 64.0 Å². The van der Waals surface area contributed by atoms with Gasteiger partial charge < -0.3 is 25.6 Å². The number of hydrogen-bond donors (Lipinski definition) is 3. The molecule has 0 aromatic heterocycles. The van der Waals surface area contributed by atoms with Gasteiger partial charge in [-0.15, -0.1) is 0 Å². The van der Waals surface area contributed by atoms with Gasteiger partial charge in [-0.1, -0.05) is 62.4 Å². The summed E-state index contributed by atoms with van der Waals surface area (Å²) >= 11 is 0. The fourth-order valence-corrected chi connectivity index (χ4v) is 4.66. The van der Waals surface area contributed by atoms with Crippen LogP contribution in [0, 0.1) is 5.92 Å². The molecule has 1 unspecified atom stereocenters. The number of morpholine rings is 1. The van der Waals surface area contributed by atoms with Crippen LogP contribution in [0.3, 0.4) is 0 Å². The molecule has 1 aromatic carbocycles. The van der Waals surface area contributed by atoms with E-state index in [4.69, 9.17) is 4.74 Å². The first-order valence-corrected chi connectivity index (χ1v) is 12.4. The smallest absolute Gasteiger partial charge is 0.317 e. The fourth-order valence-electron chi connectivity index (χ4n) is 4.66. The lowest BCUT2D eigenvalue weighted by molar-refractivity contribution is 0.0522. The largest absolute Gasteiger partial charge is 0.378 e. The standard InChI is InChI=1S/C25H42N4O2/c30-25(29-15-17-31-18-16-29)28-24(19-22-9-3-1-4-10-22)21-27-14-8-7-13-26-20-23-11-5-2-6-12-23/h2,5-6,11-12,22,24,26-27H,1,3-4,7-10,13-21H2,(H,28,30). The van der Waals surface area contributed by atoms with Crippen LogP contribution < -0.4 is 16.0 Å². The molecule has 0 radical (unpaired) electrons. The van der Waals surface area contributed by atoms with Crippen molar-refractivity contribution in [3.05, 3.63) is 35.9 Å².